The SMILES string of the molecule is CC1(c2ccccc2)CC(F)(F)C1(Cl)Cl. The Morgan fingerprint density at radius 2 is 1.67 bits per heavy atom. The van der Waals surface area contributed by atoms with Crippen LogP contribution in [0.1, 0.15) is 18.9 Å². The summed E-state index contributed by atoms with van der Waals surface area (Å²) in [6.45, 7) is 1.67. The van der Waals surface area contributed by atoms with Crippen molar-refractivity contribution in [3.8, 4) is 0 Å². The minimum absolute atomic E-state index is 0.309. The lowest BCUT2D eigenvalue weighted by Gasteiger charge is -2.55. The maximum atomic E-state index is 13.2. The summed E-state index contributed by atoms with van der Waals surface area (Å²) in [7, 11) is 0. The first-order valence-electron chi connectivity index (χ1n) is 4.62. The Hall–Kier alpha value is -0.340. The molecule has 0 spiro atoms. The van der Waals surface area contributed by atoms with Gasteiger partial charge in [0.2, 0.25) is 0 Å². The van der Waals surface area contributed by atoms with Crippen molar-refractivity contribution in [3.05, 3.63) is 35.9 Å². The molecule has 1 atom stereocenters. The molecule has 0 amide bonds. The van der Waals surface area contributed by atoms with Crippen molar-refractivity contribution in [3.63, 3.8) is 0 Å². The van der Waals surface area contributed by atoms with Crippen LogP contribution < -0.4 is 0 Å². The van der Waals surface area contributed by atoms with Crippen molar-refractivity contribution in [2.24, 2.45) is 0 Å². The molecule has 82 valence electrons. The van der Waals surface area contributed by atoms with E-state index in [0.717, 1.165) is 5.56 Å². The minimum Gasteiger partial charge on any atom is -0.203 e. The van der Waals surface area contributed by atoms with Gasteiger partial charge in [-0.2, -0.15) is 0 Å². The Kier molecular flexibility index (Phi) is 2.29. The summed E-state index contributed by atoms with van der Waals surface area (Å²) in [6, 6.07) is 8.96. The first-order chi connectivity index (χ1) is 6.81. The number of alkyl halides is 4. The van der Waals surface area contributed by atoms with Crippen molar-refractivity contribution < 1.29 is 8.78 Å². The maximum absolute atomic E-state index is 13.2. The van der Waals surface area contributed by atoms with E-state index in [2.05, 4.69) is 0 Å². The zero-order valence-electron chi connectivity index (χ0n) is 8.11. The van der Waals surface area contributed by atoms with E-state index in [1.165, 1.54) is 0 Å². The summed E-state index contributed by atoms with van der Waals surface area (Å²) < 4.78 is 24.5. The van der Waals surface area contributed by atoms with Gasteiger partial charge in [-0.3, -0.25) is 0 Å². The van der Waals surface area contributed by atoms with Crippen LogP contribution in [0.2, 0.25) is 0 Å². The van der Waals surface area contributed by atoms with Gasteiger partial charge in [-0.05, 0) is 5.56 Å². The summed E-state index contributed by atoms with van der Waals surface area (Å²) in [5.74, 6) is -3.01. The van der Waals surface area contributed by atoms with Crippen molar-refractivity contribution in [2.45, 2.75) is 29.0 Å². The van der Waals surface area contributed by atoms with Gasteiger partial charge in [0.25, 0.3) is 5.92 Å². The van der Waals surface area contributed by atoms with E-state index < -0.39 is 15.7 Å². The van der Waals surface area contributed by atoms with Crippen molar-refractivity contribution in [1.82, 2.24) is 0 Å². The molecule has 0 N–H and O–H groups in total. The molecule has 0 nitrogen and oxygen atoms in total. The van der Waals surface area contributed by atoms with Crippen LogP contribution >= 0.6 is 23.2 Å². The minimum atomic E-state index is -3.01. The average Bonchev–Trinajstić information content (AvgIpc) is 2.18. The zero-order chi connectivity index (χ0) is 11.3. The van der Waals surface area contributed by atoms with E-state index in [-0.39, 0.29) is 6.42 Å². The largest absolute Gasteiger partial charge is 0.282 e. The monoisotopic (exact) mass is 250 g/mol. The fraction of sp³-hybridized carbons (Fsp3) is 0.455. The first-order valence-corrected chi connectivity index (χ1v) is 5.38. The van der Waals surface area contributed by atoms with Gasteiger partial charge < -0.3 is 0 Å². The maximum Gasteiger partial charge on any atom is 0.282 e. The molecule has 0 bridgehead atoms. The van der Waals surface area contributed by atoms with Gasteiger partial charge in [-0.1, -0.05) is 60.5 Å². The van der Waals surface area contributed by atoms with E-state index >= 15 is 0 Å². The smallest absolute Gasteiger partial charge is 0.203 e. The molecular formula is C11H10Cl2F2. The molecule has 0 radical (unpaired) electrons. The van der Waals surface area contributed by atoms with Crippen molar-refractivity contribution >= 4 is 23.2 Å². The predicted molar refractivity (Wildman–Crippen MR) is 57.8 cm³/mol. The van der Waals surface area contributed by atoms with Crippen LogP contribution in [0.25, 0.3) is 0 Å². The molecular weight excluding hydrogens is 241 g/mol. The topological polar surface area (TPSA) is 0 Å². The Morgan fingerprint density at radius 1 is 1.13 bits per heavy atom. The number of halogens is 4. The molecule has 1 saturated carbocycles. The first kappa shape index (κ1) is 11.2. The Morgan fingerprint density at radius 3 is 2.07 bits per heavy atom. The van der Waals surface area contributed by atoms with Crippen molar-refractivity contribution in [1.29, 1.82) is 0 Å². The highest BCUT2D eigenvalue weighted by Gasteiger charge is 2.74. The molecule has 0 aliphatic heterocycles. The summed E-state index contributed by atoms with van der Waals surface area (Å²) in [4.78, 5) is 0. The lowest BCUT2D eigenvalue weighted by molar-refractivity contribution is -0.132. The predicted octanol–water partition coefficient (Wildman–Crippen LogP) is 4.16. The van der Waals surface area contributed by atoms with E-state index in [1.807, 2.05) is 6.07 Å². The summed E-state index contributed by atoms with van der Waals surface area (Å²) in [5.41, 5.74) is -0.123. The summed E-state index contributed by atoms with van der Waals surface area (Å²) >= 11 is 11.5. The molecule has 1 unspecified atom stereocenters. The van der Waals surface area contributed by atoms with E-state index in [4.69, 9.17) is 23.2 Å². The Labute approximate surface area is 97.2 Å². The highest BCUT2D eigenvalue weighted by Crippen LogP contribution is 2.66. The van der Waals surface area contributed by atoms with Gasteiger partial charge in [0.1, 0.15) is 0 Å². The molecule has 4 heteroatoms. The van der Waals surface area contributed by atoms with Crippen LogP contribution in [0.15, 0.2) is 30.3 Å². The van der Waals surface area contributed by atoms with Gasteiger partial charge in [0, 0.05) is 11.8 Å². The fourth-order valence-corrected chi connectivity index (χ4v) is 2.54. The van der Waals surface area contributed by atoms with Gasteiger partial charge in [-0.15, -0.1) is 0 Å². The Balaban J connectivity index is 2.40. The number of hydrogen-bond acceptors (Lipinski definition) is 0. The molecule has 1 aromatic carbocycles. The normalized spacial score (nSPS) is 32.1. The summed E-state index contributed by atoms with van der Waals surface area (Å²) in [5, 5.41) is 0. The van der Waals surface area contributed by atoms with Gasteiger partial charge in [0.05, 0.1) is 0 Å². The van der Waals surface area contributed by atoms with Crippen LogP contribution in [0.5, 0.6) is 0 Å². The van der Waals surface area contributed by atoms with Gasteiger partial charge in [0.15, 0.2) is 4.33 Å². The Bertz CT molecular complexity index is 375. The molecule has 1 aromatic rings. The fourth-order valence-electron chi connectivity index (χ4n) is 2.05. The quantitative estimate of drug-likeness (QED) is 0.657. The third kappa shape index (κ3) is 1.31. The van der Waals surface area contributed by atoms with Crippen LogP contribution in [-0.4, -0.2) is 10.3 Å². The molecule has 15 heavy (non-hydrogen) atoms. The number of benzene rings is 1. The lowest BCUT2D eigenvalue weighted by Crippen LogP contribution is -2.66. The molecule has 1 aliphatic rings. The van der Waals surface area contributed by atoms with E-state index in [1.54, 1.807) is 31.2 Å². The second-order valence-electron chi connectivity index (χ2n) is 4.15. The highest BCUT2D eigenvalue weighted by atomic mass is 35.5. The van der Waals surface area contributed by atoms with E-state index in [0.29, 0.717) is 0 Å². The van der Waals surface area contributed by atoms with Gasteiger partial charge >= 0.3 is 0 Å². The van der Waals surface area contributed by atoms with Gasteiger partial charge in [-0.25, -0.2) is 8.78 Å². The third-order valence-corrected chi connectivity index (χ3v) is 4.53. The molecule has 0 aromatic heterocycles. The average molecular weight is 251 g/mol. The lowest BCUT2D eigenvalue weighted by atomic mass is 9.62. The van der Waals surface area contributed by atoms with Crippen molar-refractivity contribution in [2.75, 3.05) is 0 Å². The molecule has 0 saturated heterocycles. The van der Waals surface area contributed by atoms with Crippen LogP contribution in [-0.2, 0) is 5.41 Å². The number of rotatable bonds is 1. The molecule has 0 heterocycles. The second kappa shape index (κ2) is 3.08. The highest BCUT2D eigenvalue weighted by molar-refractivity contribution is 6.51. The zero-order valence-corrected chi connectivity index (χ0v) is 9.62. The van der Waals surface area contributed by atoms with E-state index in [9.17, 15) is 8.78 Å². The molecule has 1 aliphatic carbocycles. The van der Waals surface area contributed by atoms with Crippen LogP contribution in [0.4, 0.5) is 8.78 Å². The standard InChI is InChI=1S/C11H10Cl2F2/c1-9(8-5-3-2-4-6-8)7-10(14,15)11(9,12)13/h2-6H,7H2,1H3. The summed E-state index contributed by atoms with van der Waals surface area (Å²) in [6.07, 6.45) is -0.309. The van der Waals surface area contributed by atoms with Crippen LogP contribution in [0, 0.1) is 0 Å². The third-order valence-electron chi connectivity index (χ3n) is 3.14. The van der Waals surface area contributed by atoms with Crippen LogP contribution in [0.3, 0.4) is 0 Å². The number of hydrogen-bond donors (Lipinski definition) is 0. The molecule has 1 fully saturated rings. The second-order valence-corrected chi connectivity index (χ2v) is 5.48. The molecule has 2 rings (SSSR count).